The van der Waals surface area contributed by atoms with Crippen LogP contribution in [0.15, 0.2) is 73.2 Å². The highest BCUT2D eigenvalue weighted by atomic mass is 16.6. The summed E-state index contributed by atoms with van der Waals surface area (Å²) in [6.07, 6.45) is 7.66. The molecule has 4 amide bonds. The van der Waals surface area contributed by atoms with Crippen molar-refractivity contribution in [2.45, 2.75) is 115 Å². The third-order valence-electron chi connectivity index (χ3n) is 10.3. The zero-order valence-corrected chi connectivity index (χ0v) is 32.4. The first kappa shape index (κ1) is 41.4. The average Bonchev–Trinajstić information content (AvgIpc) is 3.82. The van der Waals surface area contributed by atoms with E-state index in [1.165, 1.54) is 6.33 Å². The first-order valence-electron chi connectivity index (χ1n) is 19.6. The zero-order valence-electron chi connectivity index (χ0n) is 32.4. The summed E-state index contributed by atoms with van der Waals surface area (Å²) in [5.74, 6) is -1.64. The molecule has 13 nitrogen and oxygen atoms in total. The number of carbonyl (C=O) groups excluding carboxylic acids is 4. The molecule has 5 rings (SSSR count). The average molecular weight is 759 g/mol. The van der Waals surface area contributed by atoms with E-state index in [0.29, 0.717) is 44.8 Å². The van der Waals surface area contributed by atoms with E-state index < -0.39 is 53.7 Å². The third-order valence-corrected chi connectivity index (χ3v) is 10.3. The molecular formula is C42H58N6O7. The van der Waals surface area contributed by atoms with Gasteiger partial charge in [-0.05, 0) is 50.7 Å². The fourth-order valence-corrected chi connectivity index (χ4v) is 7.48. The number of nitrogens with one attached hydrogen (secondary N) is 4. The van der Waals surface area contributed by atoms with Crippen LogP contribution >= 0.6 is 0 Å². The molecule has 1 aliphatic carbocycles. The van der Waals surface area contributed by atoms with Gasteiger partial charge in [-0.25, -0.2) is 9.78 Å². The molecule has 3 aromatic rings. The smallest absolute Gasteiger partial charge is 0.408 e. The van der Waals surface area contributed by atoms with Gasteiger partial charge in [0.2, 0.25) is 17.7 Å². The minimum absolute atomic E-state index is 0.0768. The molecule has 13 heteroatoms. The Hall–Kier alpha value is -4.75. The molecule has 1 aromatic heterocycles. The number of alkyl carbamates (subject to hydrolysis) is 1. The number of benzene rings is 2. The van der Waals surface area contributed by atoms with Gasteiger partial charge in [-0.2, -0.15) is 0 Å². The minimum atomic E-state index is -1.13. The van der Waals surface area contributed by atoms with Gasteiger partial charge in [-0.1, -0.05) is 92.8 Å². The molecule has 2 aromatic carbocycles. The fourth-order valence-electron chi connectivity index (χ4n) is 7.48. The normalized spacial score (nSPS) is 18.6. The van der Waals surface area contributed by atoms with Gasteiger partial charge in [0.1, 0.15) is 17.7 Å². The maximum Gasteiger partial charge on any atom is 0.408 e. The Labute approximate surface area is 324 Å². The van der Waals surface area contributed by atoms with Crippen LogP contribution in [-0.2, 0) is 43.3 Å². The van der Waals surface area contributed by atoms with Crippen molar-refractivity contribution in [3.8, 4) is 0 Å². The molecule has 2 aliphatic rings. The lowest BCUT2D eigenvalue weighted by Gasteiger charge is -2.33. The van der Waals surface area contributed by atoms with Crippen molar-refractivity contribution in [3.63, 3.8) is 0 Å². The summed E-state index contributed by atoms with van der Waals surface area (Å²) >= 11 is 0. The second kappa shape index (κ2) is 20.2. The maximum absolute atomic E-state index is 14.3. The van der Waals surface area contributed by atoms with Crippen molar-refractivity contribution in [1.29, 1.82) is 0 Å². The van der Waals surface area contributed by atoms with E-state index in [4.69, 9.17) is 9.47 Å². The second-order valence-corrected chi connectivity index (χ2v) is 15.8. The van der Waals surface area contributed by atoms with Gasteiger partial charge >= 0.3 is 6.09 Å². The predicted octanol–water partition coefficient (Wildman–Crippen LogP) is 4.45. The van der Waals surface area contributed by atoms with Crippen molar-refractivity contribution in [3.05, 3.63) is 90.0 Å². The highest BCUT2D eigenvalue weighted by molar-refractivity contribution is 5.92. The van der Waals surface area contributed by atoms with Crippen LogP contribution in [0.2, 0.25) is 0 Å². The Kier molecular flexibility index (Phi) is 15.2. The number of ether oxygens (including phenoxy) is 2. The van der Waals surface area contributed by atoms with Gasteiger partial charge < -0.3 is 40.4 Å². The highest BCUT2D eigenvalue weighted by Crippen LogP contribution is 2.31. The summed E-state index contributed by atoms with van der Waals surface area (Å²) in [6, 6.07) is 16.2. The Morgan fingerprint density at radius 2 is 1.55 bits per heavy atom. The lowest BCUT2D eigenvalue weighted by atomic mass is 9.81. The minimum Gasteiger partial charge on any atom is -0.444 e. The Morgan fingerprint density at radius 1 is 0.891 bits per heavy atom. The molecule has 298 valence electrons. The molecule has 0 unspecified atom stereocenters. The molecular weight excluding hydrogens is 700 g/mol. The van der Waals surface area contributed by atoms with Crippen LogP contribution in [-0.4, -0.2) is 93.3 Å². The lowest BCUT2D eigenvalue weighted by Crippen LogP contribution is -2.58. The molecule has 0 spiro atoms. The Bertz CT molecular complexity index is 1640. The van der Waals surface area contributed by atoms with Crippen molar-refractivity contribution in [2.24, 2.45) is 11.8 Å². The maximum atomic E-state index is 14.3. The number of nitrogens with zero attached hydrogens (tertiary/aromatic N) is 2. The van der Waals surface area contributed by atoms with E-state index in [9.17, 15) is 24.3 Å². The SMILES string of the molecule is CC(C)(C)OC(=O)N[C@@H](Cc1ccccc1)C(=O)N[C@@H](Cc1cnc[nH]1)C(=O)N[C@H](CC1CCCCC1)[C@@H](O)[C@@H]1CCN(CCOCc2ccccc2)C1=O. The van der Waals surface area contributed by atoms with Crippen molar-refractivity contribution < 1.29 is 33.8 Å². The number of rotatable bonds is 18. The van der Waals surface area contributed by atoms with E-state index >= 15 is 0 Å². The topological polar surface area (TPSA) is 175 Å². The van der Waals surface area contributed by atoms with Crippen LogP contribution < -0.4 is 16.0 Å². The number of hydrogen-bond acceptors (Lipinski definition) is 8. The van der Waals surface area contributed by atoms with Crippen LogP contribution in [0.3, 0.4) is 0 Å². The molecule has 5 N–H and O–H groups in total. The Balaban J connectivity index is 1.29. The molecule has 2 fully saturated rings. The van der Waals surface area contributed by atoms with Gasteiger partial charge in [0.05, 0.1) is 37.6 Å². The number of hydrogen-bond donors (Lipinski definition) is 5. The van der Waals surface area contributed by atoms with E-state index in [1.54, 1.807) is 31.9 Å². The van der Waals surface area contributed by atoms with Crippen LogP contribution in [0.1, 0.15) is 82.5 Å². The van der Waals surface area contributed by atoms with Crippen molar-refractivity contribution in [2.75, 3.05) is 19.7 Å². The second-order valence-electron chi connectivity index (χ2n) is 15.8. The number of carbonyl (C=O) groups is 4. The molecule has 1 saturated heterocycles. The van der Waals surface area contributed by atoms with Gasteiger partial charge in [-0.15, -0.1) is 0 Å². The van der Waals surface area contributed by atoms with Gasteiger partial charge in [0.15, 0.2) is 0 Å². The van der Waals surface area contributed by atoms with Crippen molar-refractivity contribution >= 4 is 23.8 Å². The summed E-state index contributed by atoms with van der Waals surface area (Å²) in [7, 11) is 0. The largest absolute Gasteiger partial charge is 0.444 e. The molecule has 0 bridgehead atoms. The molecule has 1 aliphatic heterocycles. The molecule has 55 heavy (non-hydrogen) atoms. The van der Waals surface area contributed by atoms with Gasteiger partial charge in [-0.3, -0.25) is 14.4 Å². The summed E-state index contributed by atoms with van der Waals surface area (Å²) in [4.78, 5) is 63.7. The monoisotopic (exact) mass is 758 g/mol. The standard InChI is InChI=1S/C42H58N6O7/c1-42(2,3)55-41(53)47-35(24-30-15-9-5-10-16-30)38(50)46-36(25-32-26-43-28-44-32)39(51)45-34(23-29-13-7-4-8-14-29)37(49)33-19-20-48(40(33)52)21-22-54-27-31-17-11-6-12-18-31/h5-6,9-12,15-18,26,28-29,33-37,49H,4,7-8,13-14,19-25,27H2,1-3H3,(H,43,44)(H,45,51)(H,46,50)(H,47,53)/t33-,34+,35-,36-,37-/m0/s1. The summed E-state index contributed by atoms with van der Waals surface area (Å²) in [5, 5.41) is 20.6. The summed E-state index contributed by atoms with van der Waals surface area (Å²) in [5.41, 5.74) is 1.68. The number of aliphatic hydroxyl groups excluding tert-OH is 1. The number of aromatic amines is 1. The predicted molar refractivity (Wildman–Crippen MR) is 207 cm³/mol. The fraction of sp³-hybridized carbons (Fsp3) is 0.548. The number of amides is 4. The molecule has 2 heterocycles. The molecule has 1 saturated carbocycles. The van der Waals surface area contributed by atoms with Gasteiger partial charge in [0.25, 0.3) is 0 Å². The van der Waals surface area contributed by atoms with E-state index in [1.807, 2.05) is 60.7 Å². The van der Waals surface area contributed by atoms with Crippen LogP contribution in [0, 0.1) is 11.8 Å². The van der Waals surface area contributed by atoms with E-state index in [0.717, 1.165) is 43.2 Å². The summed E-state index contributed by atoms with van der Waals surface area (Å²) in [6.45, 7) is 6.93. The van der Waals surface area contributed by atoms with E-state index in [-0.39, 0.29) is 24.7 Å². The quantitative estimate of drug-likeness (QED) is 0.118. The zero-order chi connectivity index (χ0) is 39.2. The molecule has 5 atom stereocenters. The molecule has 0 radical (unpaired) electrons. The lowest BCUT2D eigenvalue weighted by molar-refractivity contribution is -0.136. The number of H-pyrrole nitrogens is 1. The first-order chi connectivity index (χ1) is 26.4. The number of aliphatic hydroxyl groups is 1. The Morgan fingerprint density at radius 3 is 2.20 bits per heavy atom. The van der Waals surface area contributed by atoms with Crippen molar-refractivity contribution in [1.82, 2.24) is 30.8 Å². The van der Waals surface area contributed by atoms with Crippen LogP contribution in [0.5, 0.6) is 0 Å². The number of likely N-dealkylation sites (tertiary alicyclic amines) is 1. The highest BCUT2D eigenvalue weighted by Gasteiger charge is 2.42. The van der Waals surface area contributed by atoms with E-state index in [2.05, 4.69) is 25.9 Å². The third kappa shape index (κ3) is 13.2. The van der Waals surface area contributed by atoms with Crippen LogP contribution in [0.25, 0.3) is 0 Å². The number of imidazole rings is 1. The number of aromatic nitrogens is 2. The summed E-state index contributed by atoms with van der Waals surface area (Å²) < 4.78 is 11.3. The van der Waals surface area contributed by atoms with Gasteiger partial charge in [0, 0.05) is 37.8 Å². The van der Waals surface area contributed by atoms with Crippen LogP contribution in [0.4, 0.5) is 4.79 Å². The first-order valence-corrected chi connectivity index (χ1v) is 19.6.